The molecule has 2 heterocycles. The Morgan fingerprint density at radius 2 is 1.91 bits per heavy atom. The fourth-order valence-electron chi connectivity index (χ4n) is 2.92. The average Bonchev–Trinajstić information content (AvgIpc) is 2.78. The number of hydrogen-bond donors (Lipinski definition) is 1. The first-order chi connectivity index (χ1) is 11.0. The highest BCUT2D eigenvalue weighted by Gasteiger charge is 2.23. The van der Waals surface area contributed by atoms with Crippen LogP contribution in [-0.4, -0.2) is 22.2 Å². The molecule has 118 valence electrons. The van der Waals surface area contributed by atoms with Gasteiger partial charge in [-0.05, 0) is 11.6 Å². The molecule has 1 N–H and O–H groups in total. The first-order valence-electron chi connectivity index (χ1n) is 7.31. The third kappa shape index (κ3) is 2.38. The van der Waals surface area contributed by atoms with Crippen LogP contribution in [0.1, 0.15) is 11.1 Å². The van der Waals surface area contributed by atoms with Crippen molar-refractivity contribution in [3.63, 3.8) is 0 Å². The van der Waals surface area contributed by atoms with E-state index >= 15 is 0 Å². The molecule has 7 heteroatoms. The zero-order valence-electron chi connectivity index (χ0n) is 13.0. The molecule has 0 radical (unpaired) electrons. The lowest BCUT2D eigenvalue weighted by Gasteiger charge is -2.25. The van der Waals surface area contributed by atoms with Crippen LogP contribution in [0.5, 0.6) is 0 Å². The van der Waals surface area contributed by atoms with Gasteiger partial charge in [-0.2, -0.15) is 5.26 Å². The Labute approximate surface area is 133 Å². The van der Waals surface area contributed by atoms with Crippen LogP contribution in [-0.2, 0) is 20.6 Å². The summed E-state index contributed by atoms with van der Waals surface area (Å²) in [6, 6.07) is 9.84. The van der Waals surface area contributed by atoms with Crippen molar-refractivity contribution >= 4 is 11.5 Å². The molecule has 0 saturated carbocycles. The van der Waals surface area contributed by atoms with Gasteiger partial charge < -0.3 is 10.2 Å². The minimum atomic E-state index is -0.559. The molecule has 0 spiro atoms. The van der Waals surface area contributed by atoms with E-state index in [0.717, 1.165) is 15.8 Å². The SMILES string of the molecule is Cn1c(N2CCNc3ccccc3C2)c(C#N)c(=O)n(C)c1=O. The summed E-state index contributed by atoms with van der Waals surface area (Å²) < 4.78 is 2.33. The van der Waals surface area contributed by atoms with Crippen molar-refractivity contribution in [1.29, 1.82) is 5.26 Å². The molecule has 0 amide bonds. The molecule has 3 rings (SSSR count). The highest BCUT2D eigenvalue weighted by Crippen LogP contribution is 2.24. The Morgan fingerprint density at radius 1 is 1.17 bits per heavy atom. The molecule has 0 bridgehead atoms. The van der Waals surface area contributed by atoms with Crippen molar-refractivity contribution in [2.75, 3.05) is 23.3 Å². The zero-order chi connectivity index (χ0) is 16.6. The number of nitriles is 1. The van der Waals surface area contributed by atoms with Crippen LogP contribution in [0.3, 0.4) is 0 Å². The summed E-state index contributed by atoms with van der Waals surface area (Å²) >= 11 is 0. The molecule has 1 aliphatic rings. The first-order valence-corrected chi connectivity index (χ1v) is 7.31. The lowest BCUT2D eigenvalue weighted by atomic mass is 10.1. The Hall–Kier alpha value is -3.01. The van der Waals surface area contributed by atoms with E-state index in [2.05, 4.69) is 5.32 Å². The predicted molar refractivity (Wildman–Crippen MR) is 87.6 cm³/mol. The number of fused-ring (bicyclic) bond motifs is 1. The van der Waals surface area contributed by atoms with Crippen LogP contribution in [0.15, 0.2) is 33.9 Å². The van der Waals surface area contributed by atoms with Gasteiger partial charge in [0.15, 0.2) is 5.56 Å². The van der Waals surface area contributed by atoms with Crippen LogP contribution in [0.25, 0.3) is 0 Å². The van der Waals surface area contributed by atoms with E-state index in [1.807, 2.05) is 35.2 Å². The maximum absolute atomic E-state index is 12.3. The molecular formula is C16H17N5O2. The molecule has 2 aromatic rings. The van der Waals surface area contributed by atoms with Gasteiger partial charge in [-0.25, -0.2) is 4.79 Å². The van der Waals surface area contributed by atoms with E-state index in [9.17, 15) is 14.9 Å². The fourth-order valence-corrected chi connectivity index (χ4v) is 2.92. The predicted octanol–water partition coefficient (Wildman–Crippen LogP) is 0.388. The number of benzene rings is 1. The van der Waals surface area contributed by atoms with E-state index in [4.69, 9.17) is 0 Å². The van der Waals surface area contributed by atoms with Crippen molar-refractivity contribution in [3.8, 4) is 6.07 Å². The van der Waals surface area contributed by atoms with Gasteiger partial charge in [0, 0.05) is 39.4 Å². The van der Waals surface area contributed by atoms with Gasteiger partial charge >= 0.3 is 5.69 Å². The lowest BCUT2D eigenvalue weighted by Crippen LogP contribution is -2.43. The van der Waals surface area contributed by atoms with Gasteiger partial charge in [0.2, 0.25) is 0 Å². The molecular weight excluding hydrogens is 294 g/mol. The number of nitrogens with zero attached hydrogens (tertiary/aromatic N) is 4. The van der Waals surface area contributed by atoms with Crippen molar-refractivity contribution in [2.45, 2.75) is 6.54 Å². The molecule has 1 aliphatic heterocycles. The highest BCUT2D eigenvalue weighted by atomic mass is 16.2. The summed E-state index contributed by atoms with van der Waals surface area (Å²) in [6.07, 6.45) is 0. The van der Waals surface area contributed by atoms with Crippen molar-refractivity contribution in [1.82, 2.24) is 9.13 Å². The summed E-state index contributed by atoms with van der Waals surface area (Å²) in [5.74, 6) is 0.374. The number of nitrogens with one attached hydrogen (secondary N) is 1. The van der Waals surface area contributed by atoms with E-state index in [-0.39, 0.29) is 5.56 Å². The van der Waals surface area contributed by atoms with E-state index in [1.165, 1.54) is 11.6 Å². The third-order valence-electron chi connectivity index (χ3n) is 4.12. The standard InChI is InChI=1S/C16H17N5O2/c1-19-14(12(9-17)15(22)20(2)16(19)23)21-8-7-18-13-6-4-3-5-11(13)10-21/h3-6,18H,7-8,10H2,1-2H3. The Bertz CT molecular complexity index is 920. The molecule has 7 nitrogen and oxygen atoms in total. The van der Waals surface area contributed by atoms with Crippen LogP contribution >= 0.6 is 0 Å². The maximum Gasteiger partial charge on any atom is 0.332 e. The molecule has 1 aromatic carbocycles. The Balaban J connectivity index is 2.18. The van der Waals surface area contributed by atoms with E-state index in [0.29, 0.717) is 25.5 Å². The van der Waals surface area contributed by atoms with E-state index < -0.39 is 11.2 Å². The Morgan fingerprint density at radius 3 is 2.65 bits per heavy atom. The van der Waals surface area contributed by atoms with Gasteiger partial charge in [0.25, 0.3) is 5.56 Å². The largest absolute Gasteiger partial charge is 0.383 e. The first kappa shape index (κ1) is 14.9. The van der Waals surface area contributed by atoms with Gasteiger partial charge in [0.1, 0.15) is 11.9 Å². The van der Waals surface area contributed by atoms with Crippen molar-refractivity contribution < 1.29 is 0 Å². The zero-order valence-corrected chi connectivity index (χ0v) is 13.0. The summed E-state index contributed by atoms with van der Waals surface area (Å²) in [5, 5.41) is 12.7. The maximum atomic E-state index is 12.3. The number of rotatable bonds is 1. The average molecular weight is 311 g/mol. The van der Waals surface area contributed by atoms with Crippen LogP contribution < -0.4 is 21.5 Å². The Kier molecular flexibility index (Phi) is 3.66. The summed E-state index contributed by atoms with van der Waals surface area (Å²) in [4.78, 5) is 26.4. The minimum Gasteiger partial charge on any atom is -0.383 e. The molecule has 0 fully saturated rings. The molecule has 0 unspecified atom stereocenters. The second-order valence-corrected chi connectivity index (χ2v) is 5.52. The number of anilines is 2. The van der Waals surface area contributed by atoms with Gasteiger partial charge in [-0.3, -0.25) is 13.9 Å². The molecule has 0 atom stereocenters. The highest BCUT2D eigenvalue weighted by molar-refractivity contribution is 5.59. The van der Waals surface area contributed by atoms with Crippen molar-refractivity contribution in [3.05, 3.63) is 56.2 Å². The molecule has 1 aromatic heterocycles. The quantitative estimate of drug-likeness (QED) is 0.823. The van der Waals surface area contributed by atoms with Crippen LogP contribution in [0.2, 0.25) is 0 Å². The topological polar surface area (TPSA) is 83.1 Å². The second-order valence-electron chi connectivity index (χ2n) is 5.52. The van der Waals surface area contributed by atoms with E-state index in [1.54, 1.807) is 7.05 Å². The summed E-state index contributed by atoms with van der Waals surface area (Å²) in [6.45, 7) is 1.77. The molecule has 0 aliphatic carbocycles. The normalized spacial score (nSPS) is 13.7. The summed E-state index contributed by atoms with van der Waals surface area (Å²) in [5.41, 5.74) is 1.09. The molecule has 0 saturated heterocycles. The molecule has 23 heavy (non-hydrogen) atoms. The van der Waals surface area contributed by atoms with Crippen LogP contribution in [0.4, 0.5) is 11.5 Å². The van der Waals surface area contributed by atoms with Gasteiger partial charge in [-0.1, -0.05) is 18.2 Å². The minimum absolute atomic E-state index is 0.00557. The smallest absolute Gasteiger partial charge is 0.332 e. The third-order valence-corrected chi connectivity index (χ3v) is 4.12. The number of hydrogen-bond acceptors (Lipinski definition) is 5. The van der Waals surface area contributed by atoms with Gasteiger partial charge in [-0.15, -0.1) is 0 Å². The fraction of sp³-hybridized carbons (Fsp3) is 0.312. The van der Waals surface area contributed by atoms with Crippen molar-refractivity contribution in [2.24, 2.45) is 14.1 Å². The number of aromatic nitrogens is 2. The van der Waals surface area contributed by atoms with Gasteiger partial charge in [0.05, 0.1) is 0 Å². The summed E-state index contributed by atoms with van der Waals surface area (Å²) in [7, 11) is 2.97. The lowest BCUT2D eigenvalue weighted by molar-refractivity contribution is 0.655. The second kappa shape index (κ2) is 5.65. The monoisotopic (exact) mass is 311 g/mol. The number of para-hydroxylation sites is 1. The van der Waals surface area contributed by atoms with Crippen LogP contribution in [0, 0.1) is 11.3 Å².